The monoisotopic (exact) mass is 366 g/mol. The first-order valence-electron chi connectivity index (χ1n) is 8.68. The van der Waals surface area contributed by atoms with E-state index in [1.807, 2.05) is 49.6 Å². The van der Waals surface area contributed by atoms with Gasteiger partial charge in [-0.25, -0.2) is 4.79 Å². The summed E-state index contributed by atoms with van der Waals surface area (Å²) >= 11 is 0. The van der Waals surface area contributed by atoms with E-state index in [-0.39, 0.29) is 19.1 Å². The summed E-state index contributed by atoms with van der Waals surface area (Å²) in [6.45, 7) is 5.73. The average Bonchev–Trinajstić information content (AvgIpc) is 3.27. The highest BCUT2D eigenvalue weighted by molar-refractivity contribution is 5.93. The van der Waals surface area contributed by atoms with Gasteiger partial charge in [-0.3, -0.25) is 4.79 Å². The Morgan fingerprint density at radius 2 is 1.85 bits per heavy atom. The van der Waals surface area contributed by atoms with E-state index in [0.717, 1.165) is 17.1 Å². The summed E-state index contributed by atoms with van der Waals surface area (Å²) in [5.74, 6) is -0.266. The summed E-state index contributed by atoms with van der Waals surface area (Å²) in [5.41, 5.74) is 4.29. The van der Waals surface area contributed by atoms with Crippen molar-refractivity contribution in [2.75, 3.05) is 6.61 Å². The molecule has 0 bridgehead atoms. The molecule has 0 aliphatic carbocycles. The zero-order chi connectivity index (χ0) is 19.4. The molecule has 0 spiro atoms. The molecule has 1 N–H and O–H groups in total. The highest BCUT2D eigenvalue weighted by Gasteiger charge is 2.19. The number of hydrogen-bond acceptors (Lipinski definition) is 4. The lowest BCUT2D eigenvalue weighted by Crippen LogP contribution is -2.28. The number of hydrogen-bond donors (Lipinski definition) is 1. The van der Waals surface area contributed by atoms with Crippen LogP contribution >= 0.6 is 0 Å². The SMILES string of the molecule is Cc1ccc(-n2c(C)cc(C(=O)OCC(=O)NCc3ccco3)c2C)cc1. The summed E-state index contributed by atoms with van der Waals surface area (Å²) in [6.07, 6.45) is 1.53. The van der Waals surface area contributed by atoms with Gasteiger partial charge in [0.15, 0.2) is 6.61 Å². The molecule has 0 radical (unpaired) electrons. The van der Waals surface area contributed by atoms with Crippen molar-refractivity contribution in [3.8, 4) is 5.69 Å². The van der Waals surface area contributed by atoms with Crippen LogP contribution in [0, 0.1) is 20.8 Å². The Morgan fingerprint density at radius 1 is 1.11 bits per heavy atom. The van der Waals surface area contributed by atoms with Crippen molar-refractivity contribution in [2.24, 2.45) is 0 Å². The van der Waals surface area contributed by atoms with Gasteiger partial charge in [-0.1, -0.05) is 17.7 Å². The third kappa shape index (κ3) is 4.28. The van der Waals surface area contributed by atoms with Crippen LogP contribution in [0.1, 0.15) is 33.1 Å². The van der Waals surface area contributed by atoms with Crippen LogP contribution in [0.5, 0.6) is 0 Å². The van der Waals surface area contributed by atoms with Gasteiger partial charge in [0.1, 0.15) is 5.76 Å². The standard InChI is InChI=1S/C21H22N2O4/c1-14-6-8-17(9-7-14)23-15(2)11-19(16(23)3)21(25)27-13-20(24)22-12-18-5-4-10-26-18/h4-11H,12-13H2,1-3H3,(H,22,24). The molecule has 140 valence electrons. The fourth-order valence-electron chi connectivity index (χ4n) is 2.92. The number of esters is 1. The highest BCUT2D eigenvalue weighted by atomic mass is 16.5. The van der Waals surface area contributed by atoms with E-state index >= 15 is 0 Å². The van der Waals surface area contributed by atoms with Gasteiger partial charge in [-0.15, -0.1) is 0 Å². The number of carbonyl (C=O) groups is 2. The Morgan fingerprint density at radius 3 is 2.52 bits per heavy atom. The molecule has 3 rings (SSSR count). The Hall–Kier alpha value is -3.28. The molecular weight excluding hydrogens is 344 g/mol. The molecule has 1 amide bonds. The second-order valence-corrected chi connectivity index (χ2v) is 6.39. The second-order valence-electron chi connectivity index (χ2n) is 6.39. The number of amides is 1. The van der Waals surface area contributed by atoms with E-state index < -0.39 is 5.97 Å². The maximum Gasteiger partial charge on any atom is 0.340 e. The number of carbonyl (C=O) groups excluding carboxylic acids is 2. The van der Waals surface area contributed by atoms with Crippen molar-refractivity contribution in [2.45, 2.75) is 27.3 Å². The third-order valence-corrected chi connectivity index (χ3v) is 4.32. The molecule has 0 unspecified atom stereocenters. The molecular formula is C21H22N2O4. The zero-order valence-electron chi connectivity index (χ0n) is 15.6. The van der Waals surface area contributed by atoms with Crippen LogP contribution < -0.4 is 5.32 Å². The highest BCUT2D eigenvalue weighted by Crippen LogP contribution is 2.21. The Bertz CT molecular complexity index is 937. The lowest BCUT2D eigenvalue weighted by molar-refractivity contribution is -0.124. The fraction of sp³-hybridized carbons (Fsp3) is 0.238. The lowest BCUT2D eigenvalue weighted by Gasteiger charge is -2.10. The smallest absolute Gasteiger partial charge is 0.340 e. The minimum atomic E-state index is -0.519. The van der Waals surface area contributed by atoms with Crippen LogP contribution in [0.2, 0.25) is 0 Å². The molecule has 27 heavy (non-hydrogen) atoms. The summed E-state index contributed by atoms with van der Waals surface area (Å²) in [4.78, 5) is 24.3. The molecule has 0 saturated carbocycles. The minimum Gasteiger partial charge on any atom is -0.467 e. The van der Waals surface area contributed by atoms with Crippen molar-refractivity contribution in [1.82, 2.24) is 9.88 Å². The van der Waals surface area contributed by atoms with Crippen LogP contribution in [0.15, 0.2) is 53.1 Å². The molecule has 0 fully saturated rings. The normalized spacial score (nSPS) is 10.6. The van der Waals surface area contributed by atoms with E-state index in [9.17, 15) is 9.59 Å². The molecule has 6 heteroatoms. The van der Waals surface area contributed by atoms with Crippen molar-refractivity contribution in [3.05, 3.63) is 77.0 Å². The topological polar surface area (TPSA) is 73.5 Å². The zero-order valence-corrected chi connectivity index (χ0v) is 15.6. The maximum absolute atomic E-state index is 12.4. The number of ether oxygens (including phenoxy) is 1. The van der Waals surface area contributed by atoms with Crippen molar-refractivity contribution in [3.63, 3.8) is 0 Å². The molecule has 0 saturated heterocycles. The van der Waals surface area contributed by atoms with Crippen LogP contribution in [-0.2, 0) is 16.1 Å². The van der Waals surface area contributed by atoms with Crippen molar-refractivity contribution in [1.29, 1.82) is 0 Å². The van der Waals surface area contributed by atoms with E-state index in [2.05, 4.69) is 5.32 Å². The molecule has 1 aromatic carbocycles. The quantitative estimate of drug-likeness (QED) is 0.678. The average molecular weight is 366 g/mol. The number of nitrogens with zero attached hydrogens (tertiary/aromatic N) is 1. The lowest BCUT2D eigenvalue weighted by atomic mass is 10.2. The van der Waals surface area contributed by atoms with Crippen LogP contribution in [0.3, 0.4) is 0 Å². The van der Waals surface area contributed by atoms with Gasteiger partial charge in [0.05, 0.1) is 18.4 Å². The van der Waals surface area contributed by atoms with E-state index in [1.54, 1.807) is 18.2 Å². The number of aromatic nitrogens is 1. The first kappa shape index (κ1) is 18.5. The number of furan rings is 1. The predicted octanol–water partition coefficient (Wildman–Crippen LogP) is 3.47. The molecule has 2 heterocycles. The first-order chi connectivity index (χ1) is 13.0. The predicted molar refractivity (Wildman–Crippen MR) is 101 cm³/mol. The minimum absolute atomic E-state index is 0.255. The van der Waals surface area contributed by atoms with Gasteiger partial charge in [0.2, 0.25) is 0 Å². The Balaban J connectivity index is 1.64. The summed E-state index contributed by atoms with van der Waals surface area (Å²) in [6, 6.07) is 13.3. The summed E-state index contributed by atoms with van der Waals surface area (Å²) < 4.78 is 12.3. The van der Waals surface area contributed by atoms with Gasteiger partial charge in [-0.2, -0.15) is 0 Å². The van der Waals surface area contributed by atoms with Gasteiger partial charge >= 0.3 is 5.97 Å². The van der Waals surface area contributed by atoms with Gasteiger partial charge in [0.25, 0.3) is 5.91 Å². The van der Waals surface area contributed by atoms with E-state index in [4.69, 9.17) is 9.15 Å². The Labute approximate surface area is 157 Å². The molecule has 6 nitrogen and oxygen atoms in total. The van der Waals surface area contributed by atoms with Crippen LogP contribution in [0.4, 0.5) is 0 Å². The largest absolute Gasteiger partial charge is 0.467 e. The van der Waals surface area contributed by atoms with Gasteiger partial charge in [0, 0.05) is 17.1 Å². The molecule has 2 aromatic heterocycles. The van der Waals surface area contributed by atoms with Crippen LogP contribution in [-0.4, -0.2) is 23.1 Å². The molecule has 3 aromatic rings. The van der Waals surface area contributed by atoms with Gasteiger partial charge < -0.3 is 19.0 Å². The molecule has 0 atom stereocenters. The van der Waals surface area contributed by atoms with E-state index in [1.165, 1.54) is 11.8 Å². The number of aryl methyl sites for hydroxylation is 2. The number of benzene rings is 1. The third-order valence-electron chi connectivity index (χ3n) is 4.32. The summed E-state index contributed by atoms with van der Waals surface area (Å²) in [5, 5.41) is 2.64. The van der Waals surface area contributed by atoms with Crippen LogP contribution in [0.25, 0.3) is 5.69 Å². The fourth-order valence-corrected chi connectivity index (χ4v) is 2.92. The molecule has 0 aliphatic rings. The van der Waals surface area contributed by atoms with Gasteiger partial charge in [-0.05, 0) is 51.1 Å². The summed E-state index contributed by atoms with van der Waals surface area (Å²) in [7, 11) is 0. The number of nitrogens with one attached hydrogen (secondary N) is 1. The number of rotatable bonds is 6. The molecule has 0 aliphatic heterocycles. The van der Waals surface area contributed by atoms with E-state index in [0.29, 0.717) is 11.3 Å². The first-order valence-corrected chi connectivity index (χ1v) is 8.68. The second kappa shape index (κ2) is 7.95. The Kier molecular flexibility index (Phi) is 5.45. The van der Waals surface area contributed by atoms with Crippen molar-refractivity contribution >= 4 is 11.9 Å². The van der Waals surface area contributed by atoms with Crippen molar-refractivity contribution < 1.29 is 18.7 Å². The maximum atomic E-state index is 12.4.